The minimum absolute atomic E-state index is 0.515. The second-order valence-electron chi connectivity index (χ2n) is 5.71. The summed E-state index contributed by atoms with van der Waals surface area (Å²) in [4.78, 5) is 0. The fourth-order valence-electron chi connectivity index (χ4n) is 2.66. The van der Waals surface area contributed by atoms with E-state index in [1.807, 2.05) is 18.2 Å². The van der Waals surface area contributed by atoms with Gasteiger partial charge >= 0.3 is 0 Å². The fraction of sp³-hybridized carbons (Fsp3) is 0.200. The van der Waals surface area contributed by atoms with E-state index in [9.17, 15) is 10.4 Å². The van der Waals surface area contributed by atoms with Crippen LogP contribution in [0.5, 0.6) is 0 Å². The zero-order valence-corrected chi connectivity index (χ0v) is 12.5. The van der Waals surface area contributed by atoms with Gasteiger partial charge < -0.3 is 5.11 Å². The van der Waals surface area contributed by atoms with Gasteiger partial charge in [-0.05, 0) is 36.6 Å². The van der Waals surface area contributed by atoms with Gasteiger partial charge in [-0.25, -0.2) is 0 Å². The van der Waals surface area contributed by atoms with Crippen molar-refractivity contribution in [3.05, 3.63) is 71.3 Å². The summed E-state index contributed by atoms with van der Waals surface area (Å²) in [7, 11) is 0. The highest BCUT2D eigenvalue weighted by Crippen LogP contribution is 2.57. The van der Waals surface area contributed by atoms with Gasteiger partial charge in [-0.15, -0.1) is 0 Å². The first-order valence-corrected chi connectivity index (χ1v) is 7.36. The standard InChI is InChI=1S/C20H14N2O/c21-14-17-6-4-5-16(13-17)9-10-20(23,19(15-22)11-12-19)18-7-2-1-3-8-18/h1-8,13,23H,11-12H2/t20-/m1/s1. The van der Waals surface area contributed by atoms with E-state index >= 15 is 0 Å². The molecule has 1 aliphatic rings. The normalized spacial score (nSPS) is 16.8. The zero-order chi connectivity index (χ0) is 16.3. The smallest absolute Gasteiger partial charge is 0.169 e. The molecular formula is C20H14N2O. The summed E-state index contributed by atoms with van der Waals surface area (Å²) in [6.45, 7) is 0. The van der Waals surface area contributed by atoms with Crippen LogP contribution in [0.15, 0.2) is 54.6 Å². The quantitative estimate of drug-likeness (QED) is 0.866. The second-order valence-corrected chi connectivity index (χ2v) is 5.71. The van der Waals surface area contributed by atoms with Gasteiger partial charge in [0.15, 0.2) is 5.60 Å². The Labute approximate surface area is 135 Å². The highest BCUT2D eigenvalue weighted by molar-refractivity contribution is 5.47. The molecule has 0 spiro atoms. The first-order valence-electron chi connectivity index (χ1n) is 7.36. The summed E-state index contributed by atoms with van der Waals surface area (Å²) in [5.41, 5.74) is -0.573. The van der Waals surface area contributed by atoms with Crippen LogP contribution in [0.25, 0.3) is 0 Å². The Bertz CT molecular complexity index is 874. The van der Waals surface area contributed by atoms with Crippen LogP contribution in [0.4, 0.5) is 0 Å². The Balaban J connectivity index is 2.07. The van der Waals surface area contributed by atoms with Crippen molar-refractivity contribution in [3.63, 3.8) is 0 Å². The van der Waals surface area contributed by atoms with Crippen molar-refractivity contribution in [1.29, 1.82) is 10.5 Å². The maximum atomic E-state index is 11.2. The molecule has 3 rings (SSSR count). The molecule has 0 bridgehead atoms. The van der Waals surface area contributed by atoms with Crippen molar-refractivity contribution in [1.82, 2.24) is 0 Å². The monoisotopic (exact) mass is 298 g/mol. The van der Waals surface area contributed by atoms with Gasteiger partial charge in [-0.2, -0.15) is 10.5 Å². The average Bonchev–Trinajstić information content (AvgIpc) is 3.42. The molecule has 0 amide bonds. The lowest BCUT2D eigenvalue weighted by Crippen LogP contribution is -2.34. The Kier molecular flexibility index (Phi) is 3.63. The molecule has 1 saturated carbocycles. The number of rotatable bonds is 2. The van der Waals surface area contributed by atoms with E-state index < -0.39 is 11.0 Å². The van der Waals surface area contributed by atoms with Gasteiger partial charge in [0.2, 0.25) is 0 Å². The third-order valence-electron chi connectivity index (χ3n) is 4.23. The summed E-state index contributed by atoms with van der Waals surface area (Å²) in [6, 6.07) is 20.3. The van der Waals surface area contributed by atoms with Crippen LogP contribution in [0.2, 0.25) is 0 Å². The van der Waals surface area contributed by atoms with E-state index in [2.05, 4.69) is 24.0 Å². The lowest BCUT2D eigenvalue weighted by atomic mass is 9.79. The summed E-state index contributed by atoms with van der Waals surface area (Å²) >= 11 is 0. The van der Waals surface area contributed by atoms with Gasteiger partial charge in [0.1, 0.15) is 5.41 Å². The van der Waals surface area contributed by atoms with E-state index in [1.54, 1.807) is 36.4 Å². The topological polar surface area (TPSA) is 67.8 Å². The molecule has 1 fully saturated rings. The maximum absolute atomic E-state index is 11.2. The van der Waals surface area contributed by atoms with Crippen LogP contribution in [-0.4, -0.2) is 5.11 Å². The largest absolute Gasteiger partial charge is 0.372 e. The molecule has 0 aliphatic heterocycles. The van der Waals surface area contributed by atoms with Crippen LogP contribution in [0.3, 0.4) is 0 Å². The minimum Gasteiger partial charge on any atom is -0.372 e. The highest BCUT2D eigenvalue weighted by atomic mass is 16.3. The number of benzene rings is 2. The predicted octanol–water partition coefficient (Wildman–Crippen LogP) is 3.10. The number of nitriles is 2. The minimum atomic E-state index is -1.51. The molecule has 0 aromatic heterocycles. The molecule has 0 heterocycles. The van der Waals surface area contributed by atoms with Crippen LogP contribution in [-0.2, 0) is 5.60 Å². The lowest BCUT2D eigenvalue weighted by Gasteiger charge is -2.27. The molecule has 110 valence electrons. The Morgan fingerprint density at radius 2 is 1.65 bits per heavy atom. The van der Waals surface area contributed by atoms with E-state index in [0.717, 1.165) is 0 Å². The van der Waals surface area contributed by atoms with E-state index in [0.29, 0.717) is 29.5 Å². The van der Waals surface area contributed by atoms with E-state index in [1.165, 1.54) is 0 Å². The Morgan fingerprint density at radius 3 is 2.26 bits per heavy atom. The number of hydrogen-bond donors (Lipinski definition) is 1. The van der Waals surface area contributed by atoms with Gasteiger partial charge in [-0.3, -0.25) is 0 Å². The molecule has 3 heteroatoms. The van der Waals surface area contributed by atoms with Gasteiger partial charge in [0.25, 0.3) is 0 Å². The number of hydrogen-bond acceptors (Lipinski definition) is 3. The molecule has 0 radical (unpaired) electrons. The number of nitrogens with zero attached hydrogens (tertiary/aromatic N) is 2. The van der Waals surface area contributed by atoms with Crippen molar-refractivity contribution in [2.75, 3.05) is 0 Å². The second kappa shape index (κ2) is 5.62. The molecule has 1 aliphatic carbocycles. The van der Waals surface area contributed by atoms with Crippen LogP contribution < -0.4 is 0 Å². The van der Waals surface area contributed by atoms with E-state index in [-0.39, 0.29) is 0 Å². The zero-order valence-electron chi connectivity index (χ0n) is 12.5. The van der Waals surface area contributed by atoms with Crippen molar-refractivity contribution in [2.45, 2.75) is 18.4 Å². The fourth-order valence-corrected chi connectivity index (χ4v) is 2.66. The summed E-state index contributed by atoms with van der Waals surface area (Å²) in [5, 5.41) is 29.7. The third kappa shape index (κ3) is 2.58. The van der Waals surface area contributed by atoms with Gasteiger partial charge in [0.05, 0.1) is 17.7 Å². The molecule has 3 nitrogen and oxygen atoms in total. The Hall–Kier alpha value is -3.06. The van der Waals surface area contributed by atoms with Crippen molar-refractivity contribution in [3.8, 4) is 24.0 Å². The molecule has 0 unspecified atom stereocenters. The van der Waals surface area contributed by atoms with Crippen LogP contribution in [0.1, 0.15) is 29.5 Å². The summed E-state index contributed by atoms with van der Waals surface area (Å²) in [6.07, 6.45) is 1.25. The lowest BCUT2D eigenvalue weighted by molar-refractivity contribution is 0.0456. The highest BCUT2D eigenvalue weighted by Gasteiger charge is 2.60. The van der Waals surface area contributed by atoms with Gasteiger partial charge in [0, 0.05) is 5.56 Å². The van der Waals surface area contributed by atoms with Crippen molar-refractivity contribution in [2.24, 2.45) is 5.41 Å². The average molecular weight is 298 g/mol. The van der Waals surface area contributed by atoms with Crippen molar-refractivity contribution < 1.29 is 5.11 Å². The van der Waals surface area contributed by atoms with Crippen molar-refractivity contribution >= 4 is 0 Å². The molecule has 23 heavy (non-hydrogen) atoms. The number of aliphatic hydroxyl groups is 1. The maximum Gasteiger partial charge on any atom is 0.169 e. The first-order chi connectivity index (χ1) is 11.1. The molecule has 1 atom stereocenters. The molecule has 2 aromatic carbocycles. The Morgan fingerprint density at radius 1 is 0.957 bits per heavy atom. The third-order valence-corrected chi connectivity index (χ3v) is 4.23. The van der Waals surface area contributed by atoms with Crippen LogP contribution >= 0.6 is 0 Å². The van der Waals surface area contributed by atoms with Gasteiger partial charge in [-0.1, -0.05) is 48.2 Å². The summed E-state index contributed by atoms with van der Waals surface area (Å²) in [5.74, 6) is 5.84. The first kappa shape index (κ1) is 14.9. The van der Waals surface area contributed by atoms with Crippen LogP contribution in [0, 0.1) is 39.9 Å². The SMILES string of the molecule is N#Cc1cccc(C#C[C@@](O)(c2ccccc2)C2(C#N)CC2)c1. The molecular weight excluding hydrogens is 284 g/mol. The van der Waals surface area contributed by atoms with E-state index in [4.69, 9.17) is 5.26 Å². The molecule has 1 N–H and O–H groups in total. The predicted molar refractivity (Wildman–Crippen MR) is 85.7 cm³/mol. The molecule has 2 aromatic rings. The molecule has 0 saturated heterocycles. The summed E-state index contributed by atoms with van der Waals surface area (Å²) < 4.78 is 0.